The van der Waals surface area contributed by atoms with Crippen molar-refractivity contribution in [2.45, 2.75) is 37.5 Å². The predicted octanol–water partition coefficient (Wildman–Crippen LogP) is 4.65. The average Bonchev–Trinajstić information content (AvgIpc) is 2.40. The van der Waals surface area contributed by atoms with Crippen molar-refractivity contribution in [3.05, 3.63) is 64.7 Å². The standard InChI is InChI=1S/C17H20OS/c1-12-7-8-13(2)16(9-12)11-19-17-6-4-5-15(10-17)14(3)18/h4-10,14,18H,11H2,1-3H3. The fourth-order valence-corrected chi connectivity index (χ4v) is 3.01. The number of aryl methyl sites for hydroxylation is 2. The summed E-state index contributed by atoms with van der Waals surface area (Å²) in [6, 6.07) is 14.7. The summed E-state index contributed by atoms with van der Waals surface area (Å²) in [5.41, 5.74) is 5.00. The molecule has 0 fully saturated rings. The number of hydrogen-bond donors (Lipinski definition) is 1. The summed E-state index contributed by atoms with van der Waals surface area (Å²) in [4.78, 5) is 1.21. The van der Waals surface area contributed by atoms with E-state index in [1.54, 1.807) is 6.92 Å². The number of thioether (sulfide) groups is 1. The summed E-state index contributed by atoms with van der Waals surface area (Å²) in [5.74, 6) is 0.969. The van der Waals surface area contributed by atoms with Crippen LogP contribution >= 0.6 is 11.8 Å². The van der Waals surface area contributed by atoms with Gasteiger partial charge in [-0.05, 0) is 49.6 Å². The summed E-state index contributed by atoms with van der Waals surface area (Å²) in [5, 5.41) is 9.60. The van der Waals surface area contributed by atoms with Crippen LogP contribution in [0.2, 0.25) is 0 Å². The summed E-state index contributed by atoms with van der Waals surface area (Å²) in [7, 11) is 0. The van der Waals surface area contributed by atoms with E-state index >= 15 is 0 Å². The van der Waals surface area contributed by atoms with Crippen LogP contribution in [0.1, 0.15) is 35.3 Å². The summed E-state index contributed by atoms with van der Waals surface area (Å²) < 4.78 is 0. The van der Waals surface area contributed by atoms with E-state index in [1.165, 1.54) is 21.6 Å². The van der Waals surface area contributed by atoms with E-state index < -0.39 is 6.10 Å². The first kappa shape index (κ1) is 14.2. The molecule has 1 N–H and O–H groups in total. The molecule has 19 heavy (non-hydrogen) atoms. The van der Waals surface area contributed by atoms with Gasteiger partial charge >= 0.3 is 0 Å². The normalized spacial score (nSPS) is 12.4. The van der Waals surface area contributed by atoms with Crippen LogP contribution in [0, 0.1) is 13.8 Å². The van der Waals surface area contributed by atoms with Crippen LogP contribution in [0.25, 0.3) is 0 Å². The molecule has 2 aromatic carbocycles. The number of hydrogen-bond acceptors (Lipinski definition) is 2. The first-order valence-corrected chi connectivity index (χ1v) is 7.52. The molecule has 2 aromatic rings. The van der Waals surface area contributed by atoms with E-state index in [2.05, 4.69) is 44.2 Å². The van der Waals surface area contributed by atoms with Crippen molar-refractivity contribution in [2.75, 3.05) is 0 Å². The Labute approximate surface area is 119 Å². The monoisotopic (exact) mass is 272 g/mol. The minimum Gasteiger partial charge on any atom is -0.389 e. The van der Waals surface area contributed by atoms with Gasteiger partial charge in [0.1, 0.15) is 0 Å². The van der Waals surface area contributed by atoms with Gasteiger partial charge in [0.2, 0.25) is 0 Å². The minimum atomic E-state index is -0.402. The second-order valence-electron chi connectivity index (χ2n) is 4.97. The third-order valence-electron chi connectivity index (χ3n) is 3.24. The zero-order valence-corrected chi connectivity index (χ0v) is 12.5. The maximum Gasteiger partial charge on any atom is 0.0762 e. The molecule has 0 bridgehead atoms. The molecule has 1 atom stereocenters. The maximum atomic E-state index is 9.60. The molecule has 0 aliphatic rings. The first-order valence-electron chi connectivity index (χ1n) is 6.53. The van der Waals surface area contributed by atoms with Gasteiger partial charge in [0, 0.05) is 10.6 Å². The lowest BCUT2D eigenvalue weighted by Crippen LogP contribution is -1.91. The van der Waals surface area contributed by atoms with Crippen molar-refractivity contribution in [3.8, 4) is 0 Å². The van der Waals surface area contributed by atoms with Gasteiger partial charge in [-0.15, -0.1) is 11.8 Å². The number of benzene rings is 2. The molecule has 0 saturated heterocycles. The number of rotatable bonds is 4. The molecule has 2 heteroatoms. The van der Waals surface area contributed by atoms with Crippen LogP contribution in [0.3, 0.4) is 0 Å². The van der Waals surface area contributed by atoms with Gasteiger partial charge < -0.3 is 5.11 Å². The molecule has 0 saturated carbocycles. The van der Waals surface area contributed by atoms with Crippen molar-refractivity contribution in [1.29, 1.82) is 0 Å². The van der Waals surface area contributed by atoms with E-state index in [9.17, 15) is 5.11 Å². The van der Waals surface area contributed by atoms with Gasteiger partial charge in [-0.3, -0.25) is 0 Å². The maximum absolute atomic E-state index is 9.60. The molecule has 0 aromatic heterocycles. The molecular formula is C17H20OS. The van der Waals surface area contributed by atoms with Crippen molar-refractivity contribution < 1.29 is 5.11 Å². The Morgan fingerprint density at radius 2 is 1.89 bits per heavy atom. The van der Waals surface area contributed by atoms with Crippen molar-refractivity contribution in [2.24, 2.45) is 0 Å². The average molecular weight is 272 g/mol. The van der Waals surface area contributed by atoms with Crippen molar-refractivity contribution in [1.82, 2.24) is 0 Å². The van der Waals surface area contributed by atoms with Gasteiger partial charge in [0.05, 0.1) is 6.10 Å². The summed E-state index contributed by atoms with van der Waals surface area (Å²) in [6.07, 6.45) is -0.402. The molecular weight excluding hydrogens is 252 g/mol. The molecule has 2 rings (SSSR count). The predicted molar refractivity (Wildman–Crippen MR) is 82.6 cm³/mol. The van der Waals surface area contributed by atoms with E-state index in [0.717, 1.165) is 11.3 Å². The molecule has 0 spiro atoms. The molecule has 1 nitrogen and oxygen atoms in total. The third kappa shape index (κ3) is 3.85. The highest BCUT2D eigenvalue weighted by Crippen LogP contribution is 2.27. The van der Waals surface area contributed by atoms with Gasteiger partial charge in [-0.1, -0.05) is 35.9 Å². The quantitative estimate of drug-likeness (QED) is 0.818. The highest BCUT2D eigenvalue weighted by molar-refractivity contribution is 7.98. The van der Waals surface area contributed by atoms with Crippen molar-refractivity contribution in [3.63, 3.8) is 0 Å². The van der Waals surface area contributed by atoms with E-state index in [0.29, 0.717) is 0 Å². The summed E-state index contributed by atoms with van der Waals surface area (Å²) in [6.45, 7) is 6.08. The Balaban J connectivity index is 2.10. The summed E-state index contributed by atoms with van der Waals surface area (Å²) >= 11 is 1.82. The minimum absolute atomic E-state index is 0.402. The Kier molecular flexibility index (Phi) is 4.67. The topological polar surface area (TPSA) is 20.2 Å². The molecule has 0 aliphatic carbocycles. The molecule has 0 amide bonds. The molecule has 1 unspecified atom stereocenters. The smallest absolute Gasteiger partial charge is 0.0762 e. The third-order valence-corrected chi connectivity index (χ3v) is 4.28. The zero-order chi connectivity index (χ0) is 13.8. The van der Waals surface area contributed by atoms with E-state index in [-0.39, 0.29) is 0 Å². The Bertz CT molecular complexity index is 561. The Morgan fingerprint density at radius 3 is 2.63 bits per heavy atom. The zero-order valence-electron chi connectivity index (χ0n) is 11.7. The van der Waals surface area contributed by atoms with Crippen molar-refractivity contribution >= 4 is 11.8 Å². The van der Waals surface area contributed by atoms with E-state index in [4.69, 9.17) is 0 Å². The van der Waals surface area contributed by atoms with Gasteiger partial charge in [-0.2, -0.15) is 0 Å². The lowest BCUT2D eigenvalue weighted by molar-refractivity contribution is 0.199. The van der Waals surface area contributed by atoms with Gasteiger partial charge in [-0.25, -0.2) is 0 Å². The SMILES string of the molecule is Cc1ccc(C)c(CSc2cccc(C(C)O)c2)c1. The highest BCUT2D eigenvalue weighted by atomic mass is 32.2. The fraction of sp³-hybridized carbons (Fsp3) is 0.294. The second kappa shape index (κ2) is 6.27. The first-order chi connectivity index (χ1) is 9.06. The number of aliphatic hydroxyl groups excluding tert-OH is 1. The Hall–Kier alpha value is -1.25. The lowest BCUT2D eigenvalue weighted by atomic mass is 10.1. The van der Waals surface area contributed by atoms with Crippen LogP contribution in [-0.2, 0) is 5.75 Å². The molecule has 0 aliphatic heterocycles. The molecule has 100 valence electrons. The van der Waals surface area contributed by atoms with Crippen LogP contribution in [0.15, 0.2) is 47.4 Å². The van der Waals surface area contributed by atoms with Crippen LogP contribution < -0.4 is 0 Å². The van der Waals surface area contributed by atoms with Crippen LogP contribution in [0.4, 0.5) is 0 Å². The Morgan fingerprint density at radius 1 is 1.11 bits per heavy atom. The van der Waals surface area contributed by atoms with Gasteiger partial charge in [0.25, 0.3) is 0 Å². The number of aliphatic hydroxyl groups is 1. The molecule has 0 radical (unpaired) electrons. The van der Waals surface area contributed by atoms with E-state index in [1.807, 2.05) is 23.9 Å². The van der Waals surface area contributed by atoms with Crippen LogP contribution in [0.5, 0.6) is 0 Å². The largest absolute Gasteiger partial charge is 0.389 e. The van der Waals surface area contributed by atoms with Crippen LogP contribution in [-0.4, -0.2) is 5.11 Å². The fourth-order valence-electron chi connectivity index (χ4n) is 1.98. The highest BCUT2D eigenvalue weighted by Gasteiger charge is 2.04. The van der Waals surface area contributed by atoms with Gasteiger partial charge in [0.15, 0.2) is 0 Å². The second-order valence-corrected chi connectivity index (χ2v) is 6.02. The lowest BCUT2D eigenvalue weighted by Gasteiger charge is -2.09. The molecule has 0 heterocycles.